The number of piperidine rings is 1. The molecule has 2 heteroatoms. The van der Waals surface area contributed by atoms with Crippen LogP contribution in [0.3, 0.4) is 0 Å². The minimum Gasteiger partial charge on any atom is -0.328 e. The first kappa shape index (κ1) is 12.0. The van der Waals surface area contributed by atoms with E-state index in [1.165, 1.54) is 64.3 Å². The Morgan fingerprint density at radius 1 is 1.06 bits per heavy atom. The Balaban J connectivity index is 1.65. The van der Waals surface area contributed by atoms with Crippen molar-refractivity contribution in [2.75, 3.05) is 6.54 Å². The van der Waals surface area contributed by atoms with Crippen LogP contribution in [-0.2, 0) is 0 Å². The molecule has 0 aromatic heterocycles. The molecule has 2 nitrogen and oxygen atoms in total. The summed E-state index contributed by atoms with van der Waals surface area (Å²) in [6.45, 7) is 3.88. The predicted octanol–water partition coefficient (Wildman–Crippen LogP) is 2.91. The van der Waals surface area contributed by atoms with Gasteiger partial charge in [-0.05, 0) is 43.9 Å². The van der Waals surface area contributed by atoms with Gasteiger partial charge in [-0.15, -0.1) is 0 Å². The molecule has 3 rings (SSSR count). The van der Waals surface area contributed by atoms with Crippen LogP contribution in [0.2, 0.25) is 0 Å². The van der Waals surface area contributed by atoms with Crippen LogP contribution in [0.1, 0.15) is 64.7 Å². The molecule has 1 aliphatic carbocycles. The number of hydrogen-bond donors (Lipinski definition) is 1. The van der Waals surface area contributed by atoms with Crippen LogP contribution in [-0.4, -0.2) is 29.6 Å². The molecule has 0 amide bonds. The SMILES string of the molecule is CC1(CN2C3CCC2CC(N)C3)CCCCC1. The third-order valence-electron chi connectivity index (χ3n) is 5.55. The molecule has 2 atom stereocenters. The second-order valence-corrected chi connectivity index (χ2v) is 7.16. The quantitative estimate of drug-likeness (QED) is 0.799. The largest absolute Gasteiger partial charge is 0.328 e. The Hall–Kier alpha value is -0.0800. The molecule has 0 aromatic carbocycles. The summed E-state index contributed by atoms with van der Waals surface area (Å²) < 4.78 is 0. The molecule has 1 saturated carbocycles. The van der Waals surface area contributed by atoms with E-state index in [-0.39, 0.29) is 0 Å². The number of fused-ring (bicyclic) bond motifs is 2. The van der Waals surface area contributed by atoms with Crippen LogP contribution in [0.25, 0.3) is 0 Å². The Kier molecular flexibility index (Phi) is 3.20. The summed E-state index contributed by atoms with van der Waals surface area (Å²) >= 11 is 0. The van der Waals surface area contributed by atoms with Gasteiger partial charge in [-0.25, -0.2) is 0 Å². The second kappa shape index (κ2) is 4.55. The van der Waals surface area contributed by atoms with E-state index in [1.54, 1.807) is 0 Å². The molecule has 2 bridgehead atoms. The third kappa shape index (κ3) is 2.39. The van der Waals surface area contributed by atoms with E-state index in [0.717, 1.165) is 12.1 Å². The fraction of sp³-hybridized carbons (Fsp3) is 1.00. The molecular weight excluding hydrogens is 208 g/mol. The van der Waals surface area contributed by atoms with Crippen LogP contribution in [0, 0.1) is 5.41 Å². The summed E-state index contributed by atoms with van der Waals surface area (Å²) in [4.78, 5) is 2.84. The molecule has 17 heavy (non-hydrogen) atoms. The van der Waals surface area contributed by atoms with E-state index in [0.29, 0.717) is 11.5 Å². The highest BCUT2D eigenvalue weighted by molar-refractivity contribution is 4.98. The smallest absolute Gasteiger partial charge is 0.0114 e. The van der Waals surface area contributed by atoms with Crippen LogP contribution >= 0.6 is 0 Å². The summed E-state index contributed by atoms with van der Waals surface area (Å²) in [6.07, 6.45) is 12.6. The Morgan fingerprint density at radius 2 is 1.65 bits per heavy atom. The first-order chi connectivity index (χ1) is 8.16. The van der Waals surface area contributed by atoms with Gasteiger partial charge in [0, 0.05) is 24.7 Å². The van der Waals surface area contributed by atoms with Crippen molar-refractivity contribution in [3.63, 3.8) is 0 Å². The molecule has 3 aliphatic rings. The van der Waals surface area contributed by atoms with E-state index >= 15 is 0 Å². The lowest BCUT2D eigenvalue weighted by atomic mass is 9.75. The Morgan fingerprint density at radius 3 is 2.24 bits per heavy atom. The molecule has 98 valence electrons. The van der Waals surface area contributed by atoms with Gasteiger partial charge in [-0.3, -0.25) is 4.90 Å². The van der Waals surface area contributed by atoms with E-state index in [9.17, 15) is 0 Å². The van der Waals surface area contributed by atoms with Gasteiger partial charge in [0.15, 0.2) is 0 Å². The fourth-order valence-corrected chi connectivity index (χ4v) is 4.58. The lowest BCUT2D eigenvalue weighted by molar-refractivity contribution is 0.0547. The lowest BCUT2D eigenvalue weighted by Crippen LogP contribution is -2.51. The third-order valence-corrected chi connectivity index (χ3v) is 5.55. The van der Waals surface area contributed by atoms with Crippen molar-refractivity contribution in [3.8, 4) is 0 Å². The van der Waals surface area contributed by atoms with Gasteiger partial charge in [-0.1, -0.05) is 26.2 Å². The highest BCUT2D eigenvalue weighted by Gasteiger charge is 2.42. The van der Waals surface area contributed by atoms with Crippen molar-refractivity contribution in [2.45, 2.75) is 82.8 Å². The van der Waals surface area contributed by atoms with Crippen LogP contribution in [0.15, 0.2) is 0 Å². The summed E-state index contributed by atoms with van der Waals surface area (Å²) in [5.74, 6) is 0. The predicted molar refractivity (Wildman–Crippen MR) is 71.9 cm³/mol. The van der Waals surface area contributed by atoms with Crippen molar-refractivity contribution >= 4 is 0 Å². The first-order valence-electron chi connectivity index (χ1n) is 7.68. The Labute approximate surface area is 106 Å². The molecule has 2 unspecified atom stereocenters. The average molecular weight is 236 g/mol. The fourth-order valence-electron chi connectivity index (χ4n) is 4.58. The molecule has 2 heterocycles. The first-order valence-corrected chi connectivity index (χ1v) is 7.68. The van der Waals surface area contributed by atoms with Gasteiger partial charge in [0.25, 0.3) is 0 Å². The highest BCUT2D eigenvalue weighted by atomic mass is 15.2. The maximum Gasteiger partial charge on any atom is 0.0114 e. The van der Waals surface area contributed by atoms with E-state index in [1.807, 2.05) is 0 Å². The minimum atomic E-state index is 0.489. The van der Waals surface area contributed by atoms with Crippen LogP contribution < -0.4 is 5.73 Å². The average Bonchev–Trinajstić information content (AvgIpc) is 2.54. The van der Waals surface area contributed by atoms with Gasteiger partial charge in [0.2, 0.25) is 0 Å². The molecule has 2 aliphatic heterocycles. The summed E-state index contributed by atoms with van der Waals surface area (Å²) in [5, 5.41) is 0. The standard InChI is InChI=1S/C15H28N2/c1-15(7-3-2-4-8-15)11-17-13-5-6-14(17)10-12(16)9-13/h12-14H,2-11,16H2,1H3. The van der Waals surface area contributed by atoms with Gasteiger partial charge in [0.1, 0.15) is 0 Å². The van der Waals surface area contributed by atoms with Gasteiger partial charge in [0.05, 0.1) is 0 Å². The topological polar surface area (TPSA) is 29.3 Å². The van der Waals surface area contributed by atoms with Gasteiger partial charge < -0.3 is 5.73 Å². The van der Waals surface area contributed by atoms with E-state index < -0.39 is 0 Å². The molecule has 0 spiro atoms. The molecule has 2 saturated heterocycles. The summed E-state index contributed by atoms with van der Waals surface area (Å²) in [7, 11) is 0. The van der Waals surface area contributed by atoms with Crippen molar-refractivity contribution in [2.24, 2.45) is 11.1 Å². The molecule has 3 fully saturated rings. The van der Waals surface area contributed by atoms with Crippen molar-refractivity contribution < 1.29 is 0 Å². The van der Waals surface area contributed by atoms with Crippen LogP contribution in [0.4, 0.5) is 0 Å². The molecule has 2 N–H and O–H groups in total. The van der Waals surface area contributed by atoms with Gasteiger partial charge >= 0.3 is 0 Å². The summed E-state index contributed by atoms with van der Waals surface area (Å²) in [5.41, 5.74) is 6.77. The zero-order valence-corrected chi connectivity index (χ0v) is 11.3. The van der Waals surface area contributed by atoms with E-state index in [2.05, 4.69) is 11.8 Å². The maximum atomic E-state index is 6.16. The normalized spacial score (nSPS) is 41.6. The molecule has 0 radical (unpaired) electrons. The highest BCUT2D eigenvalue weighted by Crippen LogP contribution is 2.42. The monoisotopic (exact) mass is 236 g/mol. The Bertz CT molecular complexity index is 256. The number of hydrogen-bond acceptors (Lipinski definition) is 2. The molecule has 0 aromatic rings. The van der Waals surface area contributed by atoms with Crippen LogP contribution in [0.5, 0.6) is 0 Å². The second-order valence-electron chi connectivity index (χ2n) is 7.16. The number of nitrogens with zero attached hydrogens (tertiary/aromatic N) is 1. The van der Waals surface area contributed by atoms with Gasteiger partial charge in [-0.2, -0.15) is 0 Å². The molecular formula is C15H28N2. The van der Waals surface area contributed by atoms with Crippen molar-refractivity contribution in [1.82, 2.24) is 4.90 Å². The number of nitrogens with two attached hydrogens (primary N) is 1. The minimum absolute atomic E-state index is 0.489. The maximum absolute atomic E-state index is 6.16. The zero-order chi connectivity index (χ0) is 11.9. The zero-order valence-electron chi connectivity index (χ0n) is 11.3. The van der Waals surface area contributed by atoms with Crippen molar-refractivity contribution in [3.05, 3.63) is 0 Å². The van der Waals surface area contributed by atoms with Crippen molar-refractivity contribution in [1.29, 1.82) is 0 Å². The lowest BCUT2D eigenvalue weighted by Gasteiger charge is -2.44. The summed E-state index contributed by atoms with van der Waals surface area (Å²) in [6, 6.07) is 2.13. The van der Waals surface area contributed by atoms with E-state index in [4.69, 9.17) is 5.73 Å². The number of rotatable bonds is 2.